The number of furan rings is 1. The highest BCUT2D eigenvalue weighted by Gasteiger charge is 2.15. The SMILES string of the molecule is c1ccc(-c2cccc(-n3c4ccccc4c4cc5ccoc5cc43)n2)cc1. The third kappa shape index (κ3) is 2.20. The summed E-state index contributed by atoms with van der Waals surface area (Å²) in [6, 6.07) is 31.3. The fourth-order valence-electron chi connectivity index (χ4n) is 3.99. The molecule has 0 N–H and O–H groups in total. The van der Waals surface area contributed by atoms with Gasteiger partial charge in [-0.25, -0.2) is 4.98 Å². The lowest BCUT2D eigenvalue weighted by atomic mass is 10.1. The fourth-order valence-corrected chi connectivity index (χ4v) is 3.99. The molecule has 6 rings (SSSR count). The van der Waals surface area contributed by atoms with Gasteiger partial charge >= 0.3 is 0 Å². The molecule has 3 heterocycles. The second kappa shape index (κ2) is 5.83. The summed E-state index contributed by atoms with van der Waals surface area (Å²) in [5.74, 6) is 0.901. The van der Waals surface area contributed by atoms with Gasteiger partial charge in [-0.1, -0.05) is 54.6 Å². The van der Waals surface area contributed by atoms with Gasteiger partial charge in [-0.3, -0.25) is 4.57 Å². The van der Waals surface area contributed by atoms with Crippen molar-refractivity contribution in [1.82, 2.24) is 9.55 Å². The molecule has 132 valence electrons. The van der Waals surface area contributed by atoms with Crippen LogP contribution in [0.25, 0.3) is 49.9 Å². The second-order valence-corrected chi connectivity index (χ2v) is 6.93. The molecule has 0 saturated heterocycles. The first-order valence-corrected chi connectivity index (χ1v) is 9.32. The molecule has 0 atom stereocenters. The van der Waals surface area contributed by atoms with Crippen LogP contribution in [0.5, 0.6) is 0 Å². The standard InChI is InChI=1S/C25H16N2O/c1-2-7-17(8-3-1)21-10-6-12-25(26-21)27-22-11-5-4-9-19(22)20-15-18-13-14-28-24(18)16-23(20)27/h1-16H. The Morgan fingerprint density at radius 2 is 1.54 bits per heavy atom. The van der Waals surface area contributed by atoms with E-state index in [0.29, 0.717) is 0 Å². The summed E-state index contributed by atoms with van der Waals surface area (Å²) < 4.78 is 7.89. The Kier molecular flexibility index (Phi) is 3.17. The molecule has 0 radical (unpaired) electrons. The quantitative estimate of drug-likeness (QED) is 0.349. The van der Waals surface area contributed by atoms with Crippen molar-refractivity contribution >= 4 is 32.8 Å². The van der Waals surface area contributed by atoms with Crippen molar-refractivity contribution in [2.75, 3.05) is 0 Å². The van der Waals surface area contributed by atoms with E-state index in [1.165, 1.54) is 10.8 Å². The van der Waals surface area contributed by atoms with E-state index < -0.39 is 0 Å². The number of hydrogen-bond acceptors (Lipinski definition) is 2. The van der Waals surface area contributed by atoms with Crippen LogP contribution in [0.1, 0.15) is 0 Å². The van der Waals surface area contributed by atoms with Crippen LogP contribution in [0.15, 0.2) is 102 Å². The highest BCUT2D eigenvalue weighted by molar-refractivity contribution is 6.12. The number of pyridine rings is 1. The summed E-state index contributed by atoms with van der Waals surface area (Å²) in [6.45, 7) is 0. The first kappa shape index (κ1) is 15.2. The van der Waals surface area contributed by atoms with E-state index in [9.17, 15) is 0 Å². The molecule has 0 aliphatic carbocycles. The van der Waals surface area contributed by atoms with E-state index in [-0.39, 0.29) is 0 Å². The minimum Gasteiger partial charge on any atom is -0.464 e. The lowest BCUT2D eigenvalue weighted by Gasteiger charge is -2.09. The van der Waals surface area contributed by atoms with E-state index >= 15 is 0 Å². The summed E-state index contributed by atoms with van der Waals surface area (Å²) in [6.07, 6.45) is 1.74. The Hall–Kier alpha value is -3.85. The van der Waals surface area contributed by atoms with Gasteiger partial charge in [0.25, 0.3) is 0 Å². The first-order chi connectivity index (χ1) is 13.9. The fraction of sp³-hybridized carbons (Fsp3) is 0. The topological polar surface area (TPSA) is 31.0 Å². The number of nitrogens with zero attached hydrogens (tertiary/aromatic N) is 2. The molecule has 3 aromatic heterocycles. The molecule has 3 aromatic carbocycles. The maximum Gasteiger partial charge on any atom is 0.138 e. The Morgan fingerprint density at radius 3 is 2.46 bits per heavy atom. The van der Waals surface area contributed by atoms with Crippen LogP contribution in [-0.2, 0) is 0 Å². The van der Waals surface area contributed by atoms with E-state index in [0.717, 1.165) is 39.1 Å². The number of benzene rings is 3. The van der Waals surface area contributed by atoms with Crippen molar-refractivity contribution in [2.45, 2.75) is 0 Å². The molecule has 0 saturated carbocycles. The van der Waals surface area contributed by atoms with Gasteiger partial charge in [-0.2, -0.15) is 0 Å². The third-order valence-electron chi connectivity index (χ3n) is 5.28. The molecule has 0 fully saturated rings. The minimum absolute atomic E-state index is 0.885. The van der Waals surface area contributed by atoms with Gasteiger partial charge in [-0.05, 0) is 30.3 Å². The predicted octanol–water partition coefficient (Wildman–Crippen LogP) is 6.59. The van der Waals surface area contributed by atoms with Gasteiger partial charge in [0.05, 0.1) is 23.0 Å². The van der Waals surface area contributed by atoms with E-state index in [4.69, 9.17) is 9.40 Å². The van der Waals surface area contributed by atoms with Gasteiger partial charge in [0.1, 0.15) is 11.4 Å². The predicted molar refractivity (Wildman–Crippen MR) is 114 cm³/mol. The second-order valence-electron chi connectivity index (χ2n) is 6.93. The molecule has 3 heteroatoms. The number of para-hydroxylation sites is 1. The largest absolute Gasteiger partial charge is 0.464 e. The highest BCUT2D eigenvalue weighted by Crippen LogP contribution is 2.34. The summed E-state index contributed by atoms with van der Waals surface area (Å²) in [5.41, 5.74) is 5.20. The molecule has 0 spiro atoms. The highest BCUT2D eigenvalue weighted by atomic mass is 16.3. The molecule has 6 aromatic rings. The Balaban J connectivity index is 1.69. The monoisotopic (exact) mass is 360 g/mol. The lowest BCUT2D eigenvalue weighted by molar-refractivity contribution is 0.616. The van der Waals surface area contributed by atoms with Gasteiger partial charge in [-0.15, -0.1) is 0 Å². The number of hydrogen-bond donors (Lipinski definition) is 0. The lowest BCUT2D eigenvalue weighted by Crippen LogP contribution is -1.98. The van der Waals surface area contributed by atoms with Crippen LogP contribution in [-0.4, -0.2) is 9.55 Å². The molecule has 0 bridgehead atoms. The third-order valence-corrected chi connectivity index (χ3v) is 5.28. The number of fused-ring (bicyclic) bond motifs is 4. The Labute approximate surface area is 161 Å². The van der Waals surface area contributed by atoms with Crippen LogP contribution < -0.4 is 0 Å². The van der Waals surface area contributed by atoms with Gasteiger partial charge in [0.15, 0.2) is 0 Å². The number of aromatic nitrogens is 2. The molecule has 28 heavy (non-hydrogen) atoms. The van der Waals surface area contributed by atoms with Crippen LogP contribution in [0.2, 0.25) is 0 Å². The Bertz CT molecular complexity index is 1460. The van der Waals surface area contributed by atoms with Gasteiger partial charge < -0.3 is 4.42 Å². The first-order valence-electron chi connectivity index (χ1n) is 9.32. The van der Waals surface area contributed by atoms with Crippen molar-refractivity contribution in [3.63, 3.8) is 0 Å². The van der Waals surface area contributed by atoms with Crippen molar-refractivity contribution in [2.24, 2.45) is 0 Å². The van der Waals surface area contributed by atoms with E-state index in [1.807, 2.05) is 24.3 Å². The van der Waals surface area contributed by atoms with Crippen molar-refractivity contribution in [1.29, 1.82) is 0 Å². The molecule has 0 amide bonds. The maximum absolute atomic E-state index is 5.67. The zero-order valence-electron chi connectivity index (χ0n) is 15.0. The van der Waals surface area contributed by atoms with Crippen LogP contribution in [0.4, 0.5) is 0 Å². The summed E-state index contributed by atoms with van der Waals surface area (Å²) >= 11 is 0. The van der Waals surface area contributed by atoms with Crippen molar-refractivity contribution in [3.05, 3.63) is 97.3 Å². The molecular formula is C25H16N2O. The average Bonchev–Trinajstić information content (AvgIpc) is 3.34. The smallest absolute Gasteiger partial charge is 0.138 e. The van der Waals surface area contributed by atoms with Crippen LogP contribution in [0, 0.1) is 0 Å². The molecule has 3 nitrogen and oxygen atoms in total. The zero-order chi connectivity index (χ0) is 18.5. The maximum atomic E-state index is 5.67. The normalized spacial score (nSPS) is 11.6. The summed E-state index contributed by atoms with van der Waals surface area (Å²) in [4.78, 5) is 4.99. The average molecular weight is 360 g/mol. The number of rotatable bonds is 2. The summed E-state index contributed by atoms with van der Waals surface area (Å²) in [5, 5.41) is 3.53. The van der Waals surface area contributed by atoms with Crippen molar-refractivity contribution in [3.8, 4) is 17.1 Å². The van der Waals surface area contributed by atoms with Gasteiger partial charge in [0.2, 0.25) is 0 Å². The van der Waals surface area contributed by atoms with E-state index in [1.54, 1.807) is 6.26 Å². The summed E-state index contributed by atoms with van der Waals surface area (Å²) in [7, 11) is 0. The minimum atomic E-state index is 0.885. The van der Waals surface area contributed by atoms with E-state index in [2.05, 4.69) is 71.3 Å². The van der Waals surface area contributed by atoms with Crippen molar-refractivity contribution < 1.29 is 4.42 Å². The van der Waals surface area contributed by atoms with Gasteiger partial charge in [0, 0.05) is 27.8 Å². The molecular weight excluding hydrogens is 344 g/mol. The van der Waals surface area contributed by atoms with Crippen LogP contribution >= 0.6 is 0 Å². The Morgan fingerprint density at radius 1 is 0.679 bits per heavy atom. The molecule has 0 aliphatic heterocycles. The van der Waals surface area contributed by atoms with Crippen LogP contribution in [0.3, 0.4) is 0 Å². The molecule has 0 unspecified atom stereocenters. The zero-order valence-corrected chi connectivity index (χ0v) is 15.0. The molecule has 0 aliphatic rings.